The Morgan fingerprint density at radius 2 is 0.641 bits per heavy atom. The molecule has 0 fully saturated rings. The molecular weight excluding hydrogens is 841 g/mol. The normalized spacial score (nSPS) is 16.9. The van der Waals surface area contributed by atoms with Crippen LogP contribution in [0.5, 0.6) is 40.2 Å². The second kappa shape index (κ2) is 16.5. The van der Waals surface area contributed by atoms with Crippen LogP contribution < -0.4 is 18.9 Å². The molecule has 64 heavy (non-hydrogen) atoms. The minimum Gasteiger partial charge on any atom is -0.457 e. The number of sulfone groups is 2. The van der Waals surface area contributed by atoms with Gasteiger partial charge in [-0.05, 0) is 150 Å². The molecule has 10 heteroatoms. The fraction of sp³-hybridized carbons (Fsp3) is 0.130. The SMILES string of the molecule is CC1(C)c2ccc(cc2)OC2=CCC(=C=C2)S(=O)(=O)c2ccc(cc2)Oc2ccc(cc2)C(C)(C)c2ccc(cc2)Oc2ccc(cc2)S(=O)(=O)c2ccc(cc2)Oc2ccc1cc2. The molecule has 0 spiro atoms. The van der Waals surface area contributed by atoms with Gasteiger partial charge >= 0.3 is 0 Å². The van der Waals surface area contributed by atoms with Gasteiger partial charge in [0.25, 0.3) is 0 Å². The monoisotopic (exact) mass is 884 g/mol. The molecule has 13 aliphatic heterocycles. The lowest BCUT2D eigenvalue weighted by Gasteiger charge is -2.26. The van der Waals surface area contributed by atoms with E-state index >= 15 is 0 Å². The Morgan fingerprint density at radius 3 is 0.922 bits per heavy atom. The number of allylic oxidation sites excluding steroid dienone is 2. The van der Waals surface area contributed by atoms with Crippen LogP contribution in [0.15, 0.2) is 213 Å². The predicted molar refractivity (Wildman–Crippen MR) is 247 cm³/mol. The van der Waals surface area contributed by atoms with Gasteiger partial charge in [-0.3, -0.25) is 0 Å². The first-order chi connectivity index (χ1) is 30.6. The standard InChI is InChI=1S/C54H44O8S2/c1-53(2)37-5-13-41(14-6-37)59-45-21-29-49(30-22-45)63(55,56)51-33-25-47(26-34-51)61-43-17-9-39(10-18-43)54(3,4)40-11-19-44(20-12-40)62-48-27-35-52(36-28-48)64(57,58)50-31-23-46(24-32-50)60-42-15-7-38(53)8-16-42/h5-34H,35H2,1-4H3. The average molecular weight is 885 g/mol. The lowest BCUT2D eigenvalue weighted by atomic mass is 9.78. The third-order valence-electron chi connectivity index (χ3n) is 11.8. The van der Waals surface area contributed by atoms with Crippen LogP contribution in [0.1, 0.15) is 56.4 Å². The molecule has 320 valence electrons. The van der Waals surface area contributed by atoms with E-state index in [1.54, 1.807) is 84.9 Å². The van der Waals surface area contributed by atoms with Gasteiger partial charge < -0.3 is 18.9 Å². The molecule has 8 nitrogen and oxygen atoms in total. The van der Waals surface area contributed by atoms with Crippen molar-refractivity contribution in [3.05, 3.63) is 221 Å². The van der Waals surface area contributed by atoms with Crippen molar-refractivity contribution in [2.45, 2.75) is 59.6 Å². The maximum Gasteiger partial charge on any atom is 0.210 e. The number of hydrogen-bond acceptors (Lipinski definition) is 8. The number of hydrogen-bond donors (Lipinski definition) is 0. The van der Waals surface area contributed by atoms with Crippen molar-refractivity contribution in [2.75, 3.05) is 0 Å². The fourth-order valence-corrected chi connectivity index (χ4v) is 10.3. The Morgan fingerprint density at radius 1 is 0.375 bits per heavy atom. The van der Waals surface area contributed by atoms with E-state index in [-0.39, 0.29) is 36.8 Å². The van der Waals surface area contributed by atoms with Gasteiger partial charge in [-0.25, -0.2) is 16.8 Å². The van der Waals surface area contributed by atoms with Gasteiger partial charge in [0, 0.05) is 23.3 Å². The molecule has 13 heterocycles. The molecule has 21 rings (SSSR count). The van der Waals surface area contributed by atoms with Crippen molar-refractivity contribution in [1.82, 2.24) is 0 Å². The minimum atomic E-state index is -3.80. The molecule has 0 radical (unpaired) electrons. The fourth-order valence-electron chi connectivity index (χ4n) is 7.70. The van der Waals surface area contributed by atoms with Crippen molar-refractivity contribution < 1.29 is 35.8 Å². The van der Waals surface area contributed by atoms with Gasteiger partial charge in [-0.2, -0.15) is 0 Å². The van der Waals surface area contributed by atoms with Crippen molar-refractivity contribution in [3.8, 4) is 40.2 Å². The molecule has 7 aromatic carbocycles. The van der Waals surface area contributed by atoms with Crippen LogP contribution in [-0.4, -0.2) is 16.8 Å². The van der Waals surface area contributed by atoms with Crippen LogP contribution in [0, 0.1) is 0 Å². The van der Waals surface area contributed by atoms with Crippen LogP contribution in [-0.2, 0) is 30.5 Å². The van der Waals surface area contributed by atoms with Crippen molar-refractivity contribution in [3.63, 3.8) is 0 Å². The molecule has 0 atom stereocenters. The van der Waals surface area contributed by atoms with Gasteiger partial charge in [-0.15, -0.1) is 5.73 Å². The van der Waals surface area contributed by atoms with Crippen LogP contribution >= 0.6 is 0 Å². The Hall–Kier alpha value is -7.10. The average Bonchev–Trinajstić information content (AvgIpc) is 3.30. The smallest absolute Gasteiger partial charge is 0.210 e. The summed E-state index contributed by atoms with van der Waals surface area (Å²) < 4.78 is 78.8. The number of benzene rings is 7. The zero-order valence-electron chi connectivity index (χ0n) is 35.6. The van der Waals surface area contributed by atoms with Gasteiger partial charge in [0.1, 0.15) is 46.0 Å². The predicted octanol–water partition coefficient (Wildman–Crippen LogP) is 13.0. The Labute approximate surface area is 374 Å². The van der Waals surface area contributed by atoms with Gasteiger partial charge in [0.2, 0.25) is 19.7 Å². The molecule has 7 aromatic rings. The van der Waals surface area contributed by atoms with Gasteiger partial charge in [-0.1, -0.05) is 76.2 Å². The molecule has 0 unspecified atom stereocenters. The first-order valence-corrected chi connectivity index (χ1v) is 23.7. The summed E-state index contributed by atoms with van der Waals surface area (Å²) in [5.41, 5.74) is 6.47. The molecule has 0 N–H and O–H groups in total. The molecule has 16 bridgehead atoms. The number of ether oxygens (including phenoxy) is 4. The highest BCUT2D eigenvalue weighted by atomic mass is 32.2. The Bertz CT molecular complexity index is 3160. The molecule has 0 aromatic heterocycles. The molecule has 0 saturated heterocycles. The Kier molecular flexibility index (Phi) is 10.9. The Balaban J connectivity index is 0.992. The van der Waals surface area contributed by atoms with Crippen molar-refractivity contribution in [1.29, 1.82) is 0 Å². The highest BCUT2D eigenvalue weighted by Crippen LogP contribution is 2.38. The maximum absolute atomic E-state index is 13.6. The zero-order chi connectivity index (χ0) is 44.7. The third-order valence-corrected chi connectivity index (χ3v) is 15.4. The lowest BCUT2D eigenvalue weighted by molar-refractivity contribution is 0.441. The van der Waals surface area contributed by atoms with Gasteiger partial charge in [0.15, 0.2) is 0 Å². The topological polar surface area (TPSA) is 105 Å². The van der Waals surface area contributed by atoms with Crippen LogP contribution in [0.3, 0.4) is 0 Å². The van der Waals surface area contributed by atoms with E-state index in [1.165, 1.54) is 0 Å². The molecule has 14 aliphatic rings. The summed E-state index contributed by atoms with van der Waals surface area (Å²) in [4.78, 5) is 0.593. The first-order valence-electron chi connectivity index (χ1n) is 20.7. The van der Waals surface area contributed by atoms with Crippen LogP contribution in [0.4, 0.5) is 0 Å². The maximum atomic E-state index is 13.6. The summed E-state index contributed by atoms with van der Waals surface area (Å²) in [5, 5.41) is 0. The van der Waals surface area contributed by atoms with E-state index < -0.39 is 19.7 Å². The summed E-state index contributed by atoms with van der Waals surface area (Å²) in [6.45, 7) is 8.53. The summed E-state index contributed by atoms with van der Waals surface area (Å²) in [5.74, 6) is 4.45. The highest BCUT2D eigenvalue weighted by molar-refractivity contribution is 7.95. The van der Waals surface area contributed by atoms with Crippen LogP contribution in [0.2, 0.25) is 0 Å². The quantitative estimate of drug-likeness (QED) is 0.139. The summed E-state index contributed by atoms with van der Waals surface area (Å²) in [7, 11) is -7.61. The second-order valence-corrected chi connectivity index (χ2v) is 20.6. The van der Waals surface area contributed by atoms with E-state index in [0.717, 1.165) is 22.3 Å². The first kappa shape index (κ1) is 42.2. The summed E-state index contributed by atoms with van der Waals surface area (Å²) in [6.07, 6.45) is 3.43. The summed E-state index contributed by atoms with van der Waals surface area (Å²) in [6, 6.07) is 50.3. The molecule has 0 amide bonds. The van der Waals surface area contributed by atoms with E-state index in [0.29, 0.717) is 46.0 Å². The lowest BCUT2D eigenvalue weighted by Crippen LogP contribution is -2.18. The largest absolute Gasteiger partial charge is 0.457 e. The van der Waals surface area contributed by atoms with Crippen molar-refractivity contribution >= 4 is 19.7 Å². The van der Waals surface area contributed by atoms with E-state index in [2.05, 4.69) is 33.4 Å². The highest BCUT2D eigenvalue weighted by Gasteiger charge is 2.26. The molecule has 0 saturated carbocycles. The van der Waals surface area contributed by atoms with E-state index in [9.17, 15) is 16.8 Å². The molecular formula is C54H44O8S2. The number of rotatable bonds is 0. The van der Waals surface area contributed by atoms with Gasteiger partial charge in [0.05, 0.1) is 19.6 Å². The minimum absolute atomic E-state index is 0.138. The molecule has 1 aliphatic carbocycles. The van der Waals surface area contributed by atoms with Crippen molar-refractivity contribution in [2.24, 2.45) is 0 Å². The summed E-state index contributed by atoms with van der Waals surface area (Å²) >= 11 is 0. The van der Waals surface area contributed by atoms with Crippen LogP contribution in [0.25, 0.3) is 0 Å². The third kappa shape index (κ3) is 8.51. The van der Waals surface area contributed by atoms with E-state index in [4.69, 9.17) is 18.9 Å². The second-order valence-electron chi connectivity index (χ2n) is 16.7. The van der Waals surface area contributed by atoms with E-state index in [1.807, 2.05) is 97.1 Å². The zero-order valence-corrected chi connectivity index (χ0v) is 37.2.